The molecule has 1 aromatic carbocycles. The number of nitrogens with one attached hydrogen (secondary N) is 1. The normalized spacial score (nSPS) is 15.8. The Labute approximate surface area is 120 Å². The molecule has 0 aliphatic carbocycles. The van der Waals surface area contributed by atoms with E-state index < -0.39 is 6.10 Å². The van der Waals surface area contributed by atoms with Crippen molar-refractivity contribution < 1.29 is 19.7 Å². The van der Waals surface area contributed by atoms with Gasteiger partial charge in [0.1, 0.15) is 0 Å². The summed E-state index contributed by atoms with van der Waals surface area (Å²) in [5, 5.41) is 22.4. The molecule has 3 atom stereocenters. The van der Waals surface area contributed by atoms with Gasteiger partial charge in [0, 0.05) is 13.7 Å². The molecule has 20 heavy (non-hydrogen) atoms. The van der Waals surface area contributed by atoms with Crippen molar-refractivity contribution in [3.63, 3.8) is 0 Å². The number of aliphatic hydroxyl groups excluding tert-OH is 2. The van der Waals surface area contributed by atoms with Crippen molar-refractivity contribution in [2.75, 3.05) is 33.5 Å². The summed E-state index contributed by atoms with van der Waals surface area (Å²) in [5.74, 6) is 0. The first-order valence-corrected chi connectivity index (χ1v) is 6.85. The number of methoxy groups -OCH3 is 1. The lowest BCUT2D eigenvalue weighted by Crippen LogP contribution is -2.35. The van der Waals surface area contributed by atoms with Crippen LogP contribution in [-0.4, -0.2) is 55.9 Å². The molecule has 1 aromatic rings. The summed E-state index contributed by atoms with van der Waals surface area (Å²) in [6.07, 6.45) is -0.663. The van der Waals surface area contributed by atoms with Crippen LogP contribution in [0.4, 0.5) is 0 Å². The molecule has 0 amide bonds. The Morgan fingerprint density at radius 1 is 1.20 bits per heavy atom. The molecule has 0 saturated carbocycles. The highest BCUT2D eigenvalue weighted by Gasteiger charge is 2.13. The zero-order chi connectivity index (χ0) is 14.8. The van der Waals surface area contributed by atoms with E-state index in [2.05, 4.69) is 5.32 Å². The number of hydrogen-bond donors (Lipinski definition) is 3. The number of aliphatic hydroxyl groups is 2. The Morgan fingerprint density at radius 2 is 1.90 bits per heavy atom. The number of rotatable bonds is 10. The first-order valence-electron chi connectivity index (χ1n) is 6.85. The van der Waals surface area contributed by atoms with Crippen molar-refractivity contribution >= 4 is 0 Å². The first kappa shape index (κ1) is 17.1. The minimum Gasteiger partial charge on any atom is -0.394 e. The van der Waals surface area contributed by atoms with Crippen LogP contribution < -0.4 is 5.32 Å². The summed E-state index contributed by atoms with van der Waals surface area (Å²) >= 11 is 0. The molecule has 0 radical (unpaired) electrons. The molecule has 0 bridgehead atoms. The summed E-state index contributed by atoms with van der Waals surface area (Å²) in [6.45, 7) is 2.98. The molecule has 0 fully saturated rings. The Kier molecular flexibility index (Phi) is 8.41. The van der Waals surface area contributed by atoms with Gasteiger partial charge in [-0.1, -0.05) is 30.3 Å². The van der Waals surface area contributed by atoms with Crippen LogP contribution in [0.5, 0.6) is 0 Å². The van der Waals surface area contributed by atoms with Crippen molar-refractivity contribution in [1.29, 1.82) is 0 Å². The predicted octanol–water partition coefficient (Wildman–Crippen LogP) is 0.722. The summed E-state index contributed by atoms with van der Waals surface area (Å²) < 4.78 is 10.4. The van der Waals surface area contributed by atoms with E-state index in [-0.39, 0.29) is 25.4 Å². The van der Waals surface area contributed by atoms with Crippen molar-refractivity contribution in [3.05, 3.63) is 35.9 Å². The molecule has 0 saturated heterocycles. The Balaban J connectivity index is 2.30. The van der Waals surface area contributed by atoms with E-state index in [9.17, 15) is 10.2 Å². The fourth-order valence-corrected chi connectivity index (χ4v) is 1.87. The maximum Gasteiger partial charge on any atom is 0.0898 e. The highest BCUT2D eigenvalue weighted by molar-refractivity contribution is 5.18. The Morgan fingerprint density at radius 3 is 2.50 bits per heavy atom. The second-order valence-electron chi connectivity index (χ2n) is 4.81. The van der Waals surface area contributed by atoms with Crippen molar-refractivity contribution in [2.24, 2.45) is 0 Å². The van der Waals surface area contributed by atoms with E-state index in [0.717, 1.165) is 5.56 Å². The molecule has 1 rings (SSSR count). The third kappa shape index (κ3) is 6.45. The van der Waals surface area contributed by atoms with Crippen LogP contribution in [0.3, 0.4) is 0 Å². The quantitative estimate of drug-likeness (QED) is 0.590. The van der Waals surface area contributed by atoms with Gasteiger partial charge in [-0.15, -0.1) is 0 Å². The molecule has 3 unspecified atom stereocenters. The van der Waals surface area contributed by atoms with E-state index in [1.807, 2.05) is 37.3 Å². The van der Waals surface area contributed by atoms with Gasteiger partial charge in [0.05, 0.1) is 38.1 Å². The lowest BCUT2D eigenvalue weighted by molar-refractivity contribution is -0.0319. The molecule has 114 valence electrons. The minimum absolute atomic E-state index is 0.0162. The van der Waals surface area contributed by atoms with Crippen LogP contribution in [0.25, 0.3) is 0 Å². The monoisotopic (exact) mass is 283 g/mol. The molecule has 0 aromatic heterocycles. The van der Waals surface area contributed by atoms with E-state index >= 15 is 0 Å². The molecule has 0 spiro atoms. The van der Waals surface area contributed by atoms with Crippen molar-refractivity contribution in [1.82, 2.24) is 5.32 Å². The van der Waals surface area contributed by atoms with Gasteiger partial charge in [0.2, 0.25) is 0 Å². The molecule has 0 aliphatic rings. The maximum atomic E-state index is 9.85. The minimum atomic E-state index is -0.618. The zero-order valence-corrected chi connectivity index (χ0v) is 12.2. The second kappa shape index (κ2) is 9.85. The van der Waals surface area contributed by atoms with Crippen molar-refractivity contribution in [3.8, 4) is 0 Å². The lowest BCUT2D eigenvalue weighted by Gasteiger charge is -2.20. The number of ether oxygens (including phenoxy) is 2. The molecular weight excluding hydrogens is 258 g/mol. The molecule has 0 heterocycles. The fraction of sp³-hybridized carbons (Fsp3) is 0.600. The average Bonchev–Trinajstić information content (AvgIpc) is 2.47. The predicted molar refractivity (Wildman–Crippen MR) is 77.6 cm³/mol. The summed E-state index contributed by atoms with van der Waals surface area (Å²) in [5.41, 5.74) is 0.996. The molecule has 3 N–H and O–H groups in total. The van der Waals surface area contributed by atoms with Crippen LogP contribution in [0, 0.1) is 0 Å². The van der Waals surface area contributed by atoms with Gasteiger partial charge in [0.15, 0.2) is 0 Å². The van der Waals surface area contributed by atoms with E-state index in [0.29, 0.717) is 13.2 Å². The van der Waals surface area contributed by atoms with Crippen LogP contribution >= 0.6 is 0 Å². The number of benzene rings is 1. The topological polar surface area (TPSA) is 71.0 Å². The standard InChI is InChI=1S/C15H25NO4/c1-12(10-19-2)20-11-14(18)8-16-15(9-17)13-6-4-3-5-7-13/h3-7,12,14-18H,8-11H2,1-2H3. The van der Waals surface area contributed by atoms with Gasteiger partial charge >= 0.3 is 0 Å². The Hall–Kier alpha value is -0.980. The Bertz CT molecular complexity index is 347. The molecule has 0 aliphatic heterocycles. The molecule has 5 nitrogen and oxygen atoms in total. The average molecular weight is 283 g/mol. The highest BCUT2D eigenvalue weighted by Crippen LogP contribution is 2.11. The number of hydrogen-bond acceptors (Lipinski definition) is 5. The van der Waals surface area contributed by atoms with E-state index in [1.54, 1.807) is 7.11 Å². The van der Waals surface area contributed by atoms with Gasteiger partial charge in [-0.25, -0.2) is 0 Å². The van der Waals surface area contributed by atoms with Gasteiger partial charge in [-0.05, 0) is 12.5 Å². The SMILES string of the molecule is COCC(C)OCC(O)CNC(CO)c1ccccc1. The van der Waals surface area contributed by atoms with Gasteiger partial charge in [-0.3, -0.25) is 0 Å². The van der Waals surface area contributed by atoms with Gasteiger partial charge in [-0.2, -0.15) is 0 Å². The van der Waals surface area contributed by atoms with Crippen LogP contribution in [0.2, 0.25) is 0 Å². The highest BCUT2D eigenvalue weighted by atomic mass is 16.5. The van der Waals surface area contributed by atoms with E-state index in [4.69, 9.17) is 9.47 Å². The lowest BCUT2D eigenvalue weighted by atomic mass is 10.1. The second-order valence-corrected chi connectivity index (χ2v) is 4.81. The van der Waals surface area contributed by atoms with Gasteiger partial charge in [0.25, 0.3) is 0 Å². The zero-order valence-electron chi connectivity index (χ0n) is 12.2. The smallest absolute Gasteiger partial charge is 0.0898 e. The first-order chi connectivity index (χ1) is 9.67. The maximum absolute atomic E-state index is 9.85. The van der Waals surface area contributed by atoms with Crippen LogP contribution in [0.1, 0.15) is 18.5 Å². The fourth-order valence-electron chi connectivity index (χ4n) is 1.87. The third-order valence-corrected chi connectivity index (χ3v) is 2.96. The summed E-state index contributed by atoms with van der Waals surface area (Å²) in [4.78, 5) is 0. The molecular formula is C15H25NO4. The molecule has 5 heteroatoms. The van der Waals surface area contributed by atoms with Gasteiger partial charge < -0.3 is 25.0 Å². The largest absolute Gasteiger partial charge is 0.394 e. The van der Waals surface area contributed by atoms with Crippen molar-refractivity contribution in [2.45, 2.75) is 25.2 Å². The van der Waals surface area contributed by atoms with E-state index in [1.165, 1.54) is 0 Å². The summed E-state index contributed by atoms with van der Waals surface area (Å²) in [7, 11) is 1.61. The summed E-state index contributed by atoms with van der Waals surface area (Å²) in [6, 6.07) is 9.48. The third-order valence-electron chi connectivity index (χ3n) is 2.96. The van der Waals surface area contributed by atoms with Crippen LogP contribution in [0.15, 0.2) is 30.3 Å². The van der Waals surface area contributed by atoms with Crippen LogP contribution in [-0.2, 0) is 9.47 Å².